The Morgan fingerprint density at radius 2 is 1.87 bits per heavy atom. The van der Waals surface area contributed by atoms with Crippen molar-refractivity contribution < 1.29 is 26.4 Å². The molecule has 128 valence electrons. The van der Waals surface area contributed by atoms with Gasteiger partial charge in [-0.15, -0.1) is 0 Å². The Bertz CT molecular complexity index is 771. The number of amides is 1. The molecule has 0 saturated carbocycles. The molecular formula is C13H18N2O6S2. The van der Waals surface area contributed by atoms with Gasteiger partial charge in [0.15, 0.2) is 9.84 Å². The second-order valence-corrected chi connectivity index (χ2v) is 9.28. The maximum Gasteiger partial charge on any atom is 0.411 e. The van der Waals surface area contributed by atoms with Crippen molar-refractivity contribution in [3.8, 4) is 0 Å². The van der Waals surface area contributed by atoms with Crippen molar-refractivity contribution in [3.63, 3.8) is 0 Å². The molecule has 1 aromatic carbocycles. The molecule has 1 amide bonds. The molecule has 0 unspecified atom stereocenters. The van der Waals surface area contributed by atoms with E-state index in [2.05, 4.69) is 10.0 Å². The van der Waals surface area contributed by atoms with Gasteiger partial charge in [0.25, 0.3) is 0 Å². The van der Waals surface area contributed by atoms with Crippen LogP contribution in [0.25, 0.3) is 0 Å². The predicted molar refractivity (Wildman–Crippen MR) is 86.7 cm³/mol. The minimum Gasteiger partial charge on any atom is -0.450 e. The SMILES string of the molecule is CCOC(=O)Nc1ccc(NS(=O)(=O)[C@@H]2CCS(=O)(=O)C2)cc1. The Kier molecular flexibility index (Phi) is 5.15. The third-order valence-electron chi connectivity index (χ3n) is 3.30. The van der Waals surface area contributed by atoms with Crippen molar-refractivity contribution in [3.05, 3.63) is 24.3 Å². The lowest BCUT2D eigenvalue weighted by Gasteiger charge is -2.13. The van der Waals surface area contributed by atoms with Gasteiger partial charge in [-0.05, 0) is 37.6 Å². The van der Waals surface area contributed by atoms with Crippen molar-refractivity contribution in [2.45, 2.75) is 18.6 Å². The molecular weight excluding hydrogens is 344 g/mol. The first-order chi connectivity index (χ1) is 10.7. The van der Waals surface area contributed by atoms with E-state index in [0.29, 0.717) is 11.4 Å². The molecule has 0 spiro atoms. The van der Waals surface area contributed by atoms with Crippen LogP contribution in [0.1, 0.15) is 13.3 Å². The summed E-state index contributed by atoms with van der Waals surface area (Å²) < 4.78 is 54.2. The van der Waals surface area contributed by atoms with Gasteiger partial charge in [0.1, 0.15) is 0 Å². The number of anilines is 2. The quantitative estimate of drug-likeness (QED) is 0.812. The Labute approximate surface area is 135 Å². The molecule has 0 aromatic heterocycles. The average molecular weight is 362 g/mol. The number of ether oxygens (including phenoxy) is 1. The number of sulfonamides is 1. The number of carbonyl (C=O) groups is 1. The highest BCUT2D eigenvalue weighted by molar-refractivity contribution is 7.97. The summed E-state index contributed by atoms with van der Waals surface area (Å²) in [6, 6.07) is 5.98. The normalized spacial score (nSPS) is 20.0. The van der Waals surface area contributed by atoms with E-state index in [0.717, 1.165) is 0 Å². The zero-order valence-corrected chi connectivity index (χ0v) is 14.1. The zero-order chi connectivity index (χ0) is 17.1. The molecule has 1 atom stereocenters. The van der Waals surface area contributed by atoms with Gasteiger partial charge in [0.2, 0.25) is 10.0 Å². The van der Waals surface area contributed by atoms with Crippen LogP contribution in [0.4, 0.5) is 16.2 Å². The molecule has 2 rings (SSSR count). The van der Waals surface area contributed by atoms with Gasteiger partial charge < -0.3 is 4.74 Å². The lowest BCUT2D eigenvalue weighted by molar-refractivity contribution is 0.168. The van der Waals surface area contributed by atoms with Crippen LogP contribution in [0.15, 0.2) is 24.3 Å². The first-order valence-electron chi connectivity index (χ1n) is 6.98. The number of hydrogen-bond acceptors (Lipinski definition) is 6. The van der Waals surface area contributed by atoms with E-state index < -0.39 is 31.2 Å². The van der Waals surface area contributed by atoms with Gasteiger partial charge in [0.05, 0.1) is 23.4 Å². The highest BCUT2D eigenvalue weighted by Crippen LogP contribution is 2.22. The highest BCUT2D eigenvalue weighted by atomic mass is 32.2. The summed E-state index contributed by atoms with van der Waals surface area (Å²) in [5.41, 5.74) is 0.749. The van der Waals surface area contributed by atoms with Gasteiger partial charge in [-0.3, -0.25) is 10.0 Å². The van der Waals surface area contributed by atoms with E-state index >= 15 is 0 Å². The predicted octanol–water partition coefficient (Wildman–Crippen LogP) is 1.18. The van der Waals surface area contributed by atoms with Gasteiger partial charge in [-0.2, -0.15) is 0 Å². The van der Waals surface area contributed by atoms with E-state index in [1.165, 1.54) is 24.3 Å². The molecule has 1 heterocycles. The number of carbonyl (C=O) groups excluding carboxylic acids is 1. The van der Waals surface area contributed by atoms with Gasteiger partial charge in [-0.25, -0.2) is 21.6 Å². The number of sulfone groups is 1. The first-order valence-corrected chi connectivity index (χ1v) is 10.3. The topological polar surface area (TPSA) is 119 Å². The number of nitrogens with one attached hydrogen (secondary N) is 2. The summed E-state index contributed by atoms with van der Waals surface area (Å²) >= 11 is 0. The fourth-order valence-electron chi connectivity index (χ4n) is 2.16. The lowest BCUT2D eigenvalue weighted by atomic mass is 10.3. The average Bonchev–Trinajstić information content (AvgIpc) is 2.82. The second kappa shape index (κ2) is 6.75. The number of hydrogen-bond donors (Lipinski definition) is 2. The standard InChI is InChI=1S/C13H18N2O6S2/c1-2-21-13(16)14-10-3-5-11(6-4-10)15-23(19,20)12-7-8-22(17,18)9-12/h3-6,12,15H,2,7-9H2,1H3,(H,14,16)/t12-/m1/s1. The molecule has 1 fully saturated rings. The smallest absolute Gasteiger partial charge is 0.411 e. The highest BCUT2D eigenvalue weighted by Gasteiger charge is 2.37. The molecule has 0 bridgehead atoms. The molecule has 2 N–H and O–H groups in total. The molecule has 0 aliphatic carbocycles. The van der Waals surface area contributed by atoms with Crippen LogP contribution in [0.5, 0.6) is 0 Å². The van der Waals surface area contributed by atoms with Crippen molar-refractivity contribution in [2.24, 2.45) is 0 Å². The van der Waals surface area contributed by atoms with Gasteiger partial charge in [0, 0.05) is 11.4 Å². The maximum absolute atomic E-state index is 12.2. The van der Waals surface area contributed by atoms with Crippen LogP contribution >= 0.6 is 0 Å². The van der Waals surface area contributed by atoms with Crippen LogP contribution in [-0.2, 0) is 24.6 Å². The van der Waals surface area contributed by atoms with Gasteiger partial charge in [-0.1, -0.05) is 0 Å². The van der Waals surface area contributed by atoms with Crippen molar-refractivity contribution in [2.75, 3.05) is 28.2 Å². The second-order valence-electron chi connectivity index (χ2n) is 5.09. The third-order valence-corrected chi connectivity index (χ3v) is 7.08. The van der Waals surface area contributed by atoms with E-state index in [1.54, 1.807) is 6.92 Å². The van der Waals surface area contributed by atoms with Crippen molar-refractivity contribution in [1.82, 2.24) is 0 Å². The summed E-state index contributed by atoms with van der Waals surface area (Å²) in [5.74, 6) is -0.466. The Morgan fingerprint density at radius 1 is 1.26 bits per heavy atom. The molecule has 0 radical (unpaired) electrons. The zero-order valence-electron chi connectivity index (χ0n) is 12.5. The third kappa shape index (κ3) is 4.83. The van der Waals surface area contributed by atoms with Crippen molar-refractivity contribution in [1.29, 1.82) is 0 Å². The van der Waals surface area contributed by atoms with Crippen molar-refractivity contribution >= 4 is 37.3 Å². The molecule has 1 saturated heterocycles. The maximum atomic E-state index is 12.2. The largest absolute Gasteiger partial charge is 0.450 e. The van der Waals surface area contributed by atoms with E-state index in [4.69, 9.17) is 4.74 Å². The van der Waals surface area contributed by atoms with Gasteiger partial charge >= 0.3 is 6.09 Å². The summed E-state index contributed by atoms with van der Waals surface area (Å²) in [7, 11) is -7.05. The minimum atomic E-state index is -3.77. The van der Waals surface area contributed by atoms with Crippen LogP contribution < -0.4 is 10.0 Å². The summed E-state index contributed by atoms with van der Waals surface area (Å²) in [4.78, 5) is 11.3. The monoisotopic (exact) mass is 362 g/mol. The fraction of sp³-hybridized carbons (Fsp3) is 0.462. The molecule has 8 nitrogen and oxygen atoms in total. The fourth-order valence-corrected chi connectivity index (χ4v) is 6.25. The Balaban J connectivity index is 2.02. The molecule has 1 aliphatic rings. The molecule has 10 heteroatoms. The van der Waals surface area contributed by atoms with Crippen LogP contribution in [0, 0.1) is 0 Å². The Morgan fingerprint density at radius 3 is 2.39 bits per heavy atom. The molecule has 1 aliphatic heterocycles. The van der Waals surface area contributed by atoms with E-state index in [-0.39, 0.29) is 24.5 Å². The summed E-state index contributed by atoms with van der Waals surface area (Å²) in [5, 5.41) is 1.54. The van der Waals surface area contributed by atoms with E-state index in [9.17, 15) is 21.6 Å². The summed E-state index contributed by atoms with van der Waals surface area (Å²) in [6.45, 7) is 1.93. The molecule has 23 heavy (non-hydrogen) atoms. The Hall–Kier alpha value is -1.81. The number of benzene rings is 1. The van der Waals surface area contributed by atoms with Crippen LogP contribution in [0.2, 0.25) is 0 Å². The molecule has 1 aromatic rings. The number of rotatable bonds is 5. The first kappa shape index (κ1) is 17.5. The van der Waals surface area contributed by atoms with E-state index in [1.807, 2.05) is 0 Å². The summed E-state index contributed by atoms with van der Waals surface area (Å²) in [6.07, 6.45) is -0.503. The van der Waals surface area contributed by atoms with Crippen LogP contribution in [-0.4, -0.2) is 46.3 Å². The minimum absolute atomic E-state index is 0.0974. The lowest BCUT2D eigenvalue weighted by Crippen LogP contribution is -2.28. The van der Waals surface area contributed by atoms with Crippen LogP contribution in [0.3, 0.4) is 0 Å².